The summed E-state index contributed by atoms with van der Waals surface area (Å²) in [6.45, 7) is 5.71. The first-order chi connectivity index (χ1) is 16.0. The Bertz CT molecular complexity index is 1280. The summed E-state index contributed by atoms with van der Waals surface area (Å²) in [5, 5.41) is 8.24. The van der Waals surface area contributed by atoms with Gasteiger partial charge in [0.15, 0.2) is 5.65 Å². The van der Waals surface area contributed by atoms with Crippen LogP contribution in [0, 0.1) is 12.7 Å². The molecule has 33 heavy (non-hydrogen) atoms. The van der Waals surface area contributed by atoms with Crippen LogP contribution in [0.4, 0.5) is 4.39 Å². The van der Waals surface area contributed by atoms with Gasteiger partial charge in [-0.05, 0) is 59.8 Å². The number of hydrogen-bond donors (Lipinski definition) is 1. The van der Waals surface area contributed by atoms with E-state index in [1.165, 1.54) is 0 Å². The van der Waals surface area contributed by atoms with E-state index in [1.807, 2.05) is 53.9 Å². The Morgan fingerprint density at radius 1 is 1.09 bits per heavy atom. The van der Waals surface area contributed by atoms with Crippen molar-refractivity contribution in [1.82, 2.24) is 19.9 Å². The zero-order chi connectivity index (χ0) is 22.9. The molecule has 0 saturated carbocycles. The van der Waals surface area contributed by atoms with E-state index >= 15 is 4.39 Å². The molecule has 7 heteroatoms. The van der Waals surface area contributed by atoms with Crippen LogP contribution in [-0.4, -0.2) is 33.9 Å². The van der Waals surface area contributed by atoms with Crippen LogP contribution in [0.1, 0.15) is 37.2 Å². The van der Waals surface area contributed by atoms with Gasteiger partial charge in [-0.15, -0.1) is 0 Å². The van der Waals surface area contributed by atoms with Crippen molar-refractivity contribution in [2.45, 2.75) is 38.8 Å². The van der Waals surface area contributed by atoms with E-state index in [2.05, 4.69) is 33.3 Å². The molecule has 0 radical (unpaired) electrons. The molecule has 1 aliphatic heterocycles. The van der Waals surface area contributed by atoms with Crippen molar-refractivity contribution in [3.8, 4) is 22.3 Å². The van der Waals surface area contributed by atoms with Crippen molar-refractivity contribution in [1.29, 1.82) is 0 Å². The minimum absolute atomic E-state index is 0.0473. The molecule has 1 N–H and O–H groups in total. The Kier molecular flexibility index (Phi) is 6.27. The lowest BCUT2D eigenvalue weighted by Gasteiger charge is -2.27. The molecule has 0 bridgehead atoms. The number of aryl methyl sites for hydroxylation is 1. The van der Waals surface area contributed by atoms with E-state index in [9.17, 15) is 0 Å². The van der Waals surface area contributed by atoms with E-state index in [-0.39, 0.29) is 11.9 Å². The molecule has 4 aromatic rings. The summed E-state index contributed by atoms with van der Waals surface area (Å²) in [7, 11) is 0. The molecule has 5 nitrogen and oxygen atoms in total. The molecule has 1 aliphatic rings. The summed E-state index contributed by atoms with van der Waals surface area (Å²) in [6.07, 6.45) is 3.75. The Balaban J connectivity index is 1.52. The Labute approximate surface area is 201 Å². The molecule has 0 spiro atoms. The SMILES string of the molecule is Cc1c(Br)c(C(C)NC2CCOCC2)nc2c(-c3ccc(-c4ccccc4)c(F)c3)cnn12. The van der Waals surface area contributed by atoms with E-state index < -0.39 is 0 Å². The van der Waals surface area contributed by atoms with Gasteiger partial charge in [0.2, 0.25) is 0 Å². The summed E-state index contributed by atoms with van der Waals surface area (Å²) in [6, 6.07) is 15.4. The van der Waals surface area contributed by atoms with Gasteiger partial charge in [-0.2, -0.15) is 5.10 Å². The van der Waals surface area contributed by atoms with E-state index in [0.29, 0.717) is 11.6 Å². The van der Waals surface area contributed by atoms with Crippen LogP contribution in [0.3, 0.4) is 0 Å². The van der Waals surface area contributed by atoms with Crippen LogP contribution in [0.2, 0.25) is 0 Å². The third-order valence-corrected chi connectivity index (χ3v) is 7.29. The fourth-order valence-electron chi connectivity index (χ4n) is 4.46. The maximum absolute atomic E-state index is 15.1. The average molecular weight is 509 g/mol. The summed E-state index contributed by atoms with van der Waals surface area (Å²) < 4.78 is 23.3. The summed E-state index contributed by atoms with van der Waals surface area (Å²) in [4.78, 5) is 4.98. The minimum atomic E-state index is -0.262. The first-order valence-electron chi connectivity index (χ1n) is 11.3. The number of aromatic nitrogens is 3. The van der Waals surface area contributed by atoms with E-state index in [4.69, 9.17) is 9.72 Å². The quantitative estimate of drug-likeness (QED) is 0.353. The maximum Gasteiger partial charge on any atom is 0.163 e. The number of fused-ring (bicyclic) bond motifs is 1. The Morgan fingerprint density at radius 3 is 2.58 bits per heavy atom. The number of rotatable bonds is 5. The van der Waals surface area contributed by atoms with Gasteiger partial charge >= 0.3 is 0 Å². The summed E-state index contributed by atoms with van der Waals surface area (Å²) in [5.74, 6) is -0.262. The van der Waals surface area contributed by atoms with Crippen LogP contribution in [0.25, 0.3) is 27.9 Å². The van der Waals surface area contributed by atoms with Crippen molar-refractivity contribution in [3.05, 3.63) is 76.4 Å². The fourth-order valence-corrected chi connectivity index (χ4v) is 5.06. The first-order valence-corrected chi connectivity index (χ1v) is 12.0. The molecule has 0 aliphatic carbocycles. The first kappa shape index (κ1) is 22.2. The topological polar surface area (TPSA) is 51.5 Å². The average Bonchev–Trinajstić information content (AvgIpc) is 3.26. The second-order valence-electron chi connectivity index (χ2n) is 8.53. The van der Waals surface area contributed by atoms with Gasteiger partial charge in [0.1, 0.15) is 5.82 Å². The molecule has 0 amide bonds. The predicted molar refractivity (Wildman–Crippen MR) is 132 cm³/mol. The highest BCUT2D eigenvalue weighted by Gasteiger charge is 2.22. The van der Waals surface area contributed by atoms with E-state index in [1.54, 1.807) is 12.3 Å². The number of ether oxygens (including phenoxy) is 1. The van der Waals surface area contributed by atoms with Crippen LogP contribution >= 0.6 is 15.9 Å². The second-order valence-corrected chi connectivity index (χ2v) is 9.32. The molecular weight excluding hydrogens is 483 g/mol. The van der Waals surface area contributed by atoms with Crippen molar-refractivity contribution < 1.29 is 9.13 Å². The lowest BCUT2D eigenvalue weighted by molar-refractivity contribution is 0.0753. The smallest absolute Gasteiger partial charge is 0.163 e. The maximum atomic E-state index is 15.1. The molecule has 2 aromatic heterocycles. The van der Waals surface area contributed by atoms with Gasteiger partial charge in [-0.3, -0.25) is 0 Å². The highest BCUT2D eigenvalue weighted by atomic mass is 79.9. The predicted octanol–water partition coefficient (Wildman–Crippen LogP) is 6.10. The number of hydrogen-bond acceptors (Lipinski definition) is 4. The van der Waals surface area contributed by atoms with Crippen molar-refractivity contribution >= 4 is 21.6 Å². The standard InChI is InChI=1S/C26H26BrFN4O/c1-16(30-20-10-12-33-13-11-20)25-24(27)17(2)32-26(31-25)22(15-29-32)19-8-9-21(23(28)14-19)18-6-4-3-5-7-18/h3-9,14-16,20,30H,10-13H2,1-2H3. The van der Waals surface area contributed by atoms with Gasteiger partial charge < -0.3 is 10.1 Å². The van der Waals surface area contributed by atoms with E-state index in [0.717, 1.165) is 64.3 Å². The molecule has 1 saturated heterocycles. The van der Waals surface area contributed by atoms with Crippen molar-refractivity contribution in [3.63, 3.8) is 0 Å². The van der Waals surface area contributed by atoms with Crippen molar-refractivity contribution in [2.24, 2.45) is 0 Å². The lowest BCUT2D eigenvalue weighted by Crippen LogP contribution is -2.36. The third kappa shape index (κ3) is 4.33. The van der Waals surface area contributed by atoms with Crippen LogP contribution in [0.5, 0.6) is 0 Å². The second kappa shape index (κ2) is 9.33. The van der Waals surface area contributed by atoms with Gasteiger partial charge in [-0.25, -0.2) is 13.9 Å². The lowest BCUT2D eigenvalue weighted by atomic mass is 10.0. The van der Waals surface area contributed by atoms with Crippen LogP contribution in [-0.2, 0) is 4.74 Å². The molecule has 1 unspecified atom stereocenters. The molecule has 5 rings (SSSR count). The highest BCUT2D eigenvalue weighted by Crippen LogP contribution is 2.33. The van der Waals surface area contributed by atoms with Gasteiger partial charge in [-0.1, -0.05) is 42.5 Å². The monoisotopic (exact) mass is 508 g/mol. The highest BCUT2D eigenvalue weighted by molar-refractivity contribution is 9.10. The summed E-state index contributed by atoms with van der Waals surface area (Å²) >= 11 is 3.73. The van der Waals surface area contributed by atoms with Gasteiger partial charge in [0.25, 0.3) is 0 Å². The third-order valence-electron chi connectivity index (χ3n) is 6.31. The number of nitrogens with one attached hydrogen (secondary N) is 1. The molecule has 1 fully saturated rings. The molecule has 1 atom stereocenters. The number of benzene rings is 2. The van der Waals surface area contributed by atoms with Gasteiger partial charge in [0.05, 0.1) is 22.1 Å². The molecule has 3 heterocycles. The summed E-state index contributed by atoms with van der Waals surface area (Å²) in [5.41, 5.74) is 5.61. The Hall–Kier alpha value is -2.61. The van der Waals surface area contributed by atoms with Crippen LogP contribution in [0.15, 0.2) is 59.2 Å². The zero-order valence-electron chi connectivity index (χ0n) is 18.7. The normalized spacial score (nSPS) is 15.8. The number of nitrogens with zero attached hydrogens (tertiary/aromatic N) is 3. The van der Waals surface area contributed by atoms with Crippen LogP contribution < -0.4 is 5.32 Å². The molecule has 170 valence electrons. The molecule has 2 aromatic carbocycles. The number of halogens is 2. The minimum Gasteiger partial charge on any atom is -0.381 e. The fraction of sp³-hybridized carbons (Fsp3) is 0.308. The van der Waals surface area contributed by atoms with Crippen molar-refractivity contribution in [2.75, 3.05) is 13.2 Å². The zero-order valence-corrected chi connectivity index (χ0v) is 20.3. The largest absolute Gasteiger partial charge is 0.381 e. The Morgan fingerprint density at radius 2 is 1.85 bits per heavy atom. The van der Waals surface area contributed by atoms with Gasteiger partial charge in [0, 0.05) is 36.4 Å². The molecular formula is C26H26BrFN4O.